The van der Waals surface area contributed by atoms with Crippen LogP contribution >= 0.6 is 22.6 Å². The number of halogens is 1. The Balaban J connectivity index is 1.91. The normalized spacial score (nSPS) is 11.0. The average molecular weight is 578 g/mol. The van der Waals surface area contributed by atoms with E-state index in [2.05, 4.69) is 27.9 Å². The first kappa shape index (κ1) is 24.7. The highest BCUT2D eigenvalue weighted by molar-refractivity contribution is 14.1. The fourth-order valence-corrected chi connectivity index (χ4v) is 4.86. The van der Waals surface area contributed by atoms with Gasteiger partial charge in [-0.1, -0.05) is 24.3 Å². The van der Waals surface area contributed by atoms with Gasteiger partial charge in [-0.3, -0.25) is 9.10 Å². The highest BCUT2D eigenvalue weighted by atomic mass is 127. The molecule has 33 heavy (non-hydrogen) atoms. The van der Waals surface area contributed by atoms with E-state index < -0.39 is 28.4 Å². The van der Waals surface area contributed by atoms with Gasteiger partial charge in [-0.15, -0.1) is 0 Å². The Morgan fingerprint density at radius 3 is 2.30 bits per heavy atom. The largest absolute Gasteiger partial charge is 0.462 e. The fourth-order valence-electron chi connectivity index (χ4n) is 3.06. The molecule has 3 aromatic carbocycles. The molecule has 172 valence electrons. The number of benzene rings is 3. The van der Waals surface area contributed by atoms with Crippen LogP contribution < -0.4 is 9.62 Å². The molecule has 0 saturated carbocycles. The molecule has 7 nitrogen and oxygen atoms in total. The quantitative estimate of drug-likeness (QED) is 0.312. The number of carbonyl (C=O) groups excluding carboxylic acids is 2. The lowest BCUT2D eigenvalue weighted by molar-refractivity contribution is -0.114. The maximum atomic E-state index is 13.4. The smallest absolute Gasteiger partial charge is 0.338 e. The van der Waals surface area contributed by atoms with Gasteiger partial charge in [0.05, 0.1) is 22.8 Å². The number of hydrogen-bond acceptors (Lipinski definition) is 5. The molecular weight excluding hydrogens is 555 g/mol. The van der Waals surface area contributed by atoms with E-state index in [1.807, 2.05) is 0 Å². The van der Waals surface area contributed by atoms with E-state index in [1.54, 1.807) is 68.4 Å². The highest BCUT2D eigenvalue weighted by Crippen LogP contribution is 2.25. The molecule has 0 aliphatic heterocycles. The third kappa shape index (κ3) is 6.11. The van der Waals surface area contributed by atoms with Crippen molar-refractivity contribution in [1.82, 2.24) is 0 Å². The summed E-state index contributed by atoms with van der Waals surface area (Å²) in [7, 11) is -4.00. The standard InChI is InChI=1S/C24H23IN2O5S/c1-3-32-24(29)18-10-9-17(2)22(15-18)26-23(28)16-27(20-13-11-19(25)12-14-20)33(30,31)21-7-5-4-6-8-21/h4-15H,3,16H2,1-2H3,(H,26,28). The number of amides is 1. The lowest BCUT2D eigenvalue weighted by atomic mass is 10.1. The summed E-state index contributed by atoms with van der Waals surface area (Å²) in [6.45, 7) is 3.28. The van der Waals surface area contributed by atoms with E-state index in [0.717, 1.165) is 13.4 Å². The van der Waals surface area contributed by atoms with Crippen molar-refractivity contribution in [3.8, 4) is 0 Å². The molecule has 0 unspecified atom stereocenters. The number of esters is 1. The number of sulfonamides is 1. The van der Waals surface area contributed by atoms with Crippen LogP contribution in [0.2, 0.25) is 0 Å². The molecule has 0 saturated heterocycles. The van der Waals surface area contributed by atoms with Crippen molar-refractivity contribution in [3.05, 3.63) is 87.5 Å². The predicted molar refractivity (Wildman–Crippen MR) is 136 cm³/mol. The minimum atomic E-state index is -4.00. The number of anilines is 2. The zero-order chi connectivity index (χ0) is 24.0. The van der Waals surface area contributed by atoms with Gasteiger partial charge < -0.3 is 10.1 Å². The molecule has 1 amide bonds. The Hall–Kier alpha value is -2.92. The molecule has 0 aliphatic carbocycles. The second kappa shape index (κ2) is 10.8. The van der Waals surface area contributed by atoms with E-state index in [-0.39, 0.29) is 11.5 Å². The van der Waals surface area contributed by atoms with E-state index in [4.69, 9.17) is 4.74 Å². The topological polar surface area (TPSA) is 92.8 Å². The molecule has 3 rings (SSSR count). The summed E-state index contributed by atoms with van der Waals surface area (Å²) in [5.41, 5.74) is 1.80. The maximum Gasteiger partial charge on any atom is 0.338 e. The van der Waals surface area contributed by atoms with Crippen LogP contribution in [0.3, 0.4) is 0 Å². The first-order valence-corrected chi connectivity index (χ1v) is 12.6. The summed E-state index contributed by atoms with van der Waals surface area (Å²) < 4.78 is 33.8. The number of hydrogen-bond donors (Lipinski definition) is 1. The molecule has 3 aromatic rings. The van der Waals surface area contributed by atoms with E-state index in [0.29, 0.717) is 16.9 Å². The fraction of sp³-hybridized carbons (Fsp3) is 0.167. The van der Waals surface area contributed by atoms with Gasteiger partial charge in [-0.2, -0.15) is 0 Å². The molecule has 0 aliphatic rings. The molecule has 9 heteroatoms. The SMILES string of the molecule is CCOC(=O)c1ccc(C)c(NC(=O)CN(c2ccc(I)cc2)S(=O)(=O)c2ccccc2)c1. The van der Waals surface area contributed by atoms with Crippen molar-refractivity contribution in [2.75, 3.05) is 22.8 Å². The van der Waals surface area contributed by atoms with Crippen molar-refractivity contribution in [1.29, 1.82) is 0 Å². The Morgan fingerprint density at radius 1 is 1.00 bits per heavy atom. The summed E-state index contributed by atoms with van der Waals surface area (Å²) >= 11 is 2.13. The molecule has 0 radical (unpaired) electrons. The first-order valence-electron chi connectivity index (χ1n) is 10.1. The van der Waals surface area contributed by atoms with Gasteiger partial charge in [0.25, 0.3) is 10.0 Å². The van der Waals surface area contributed by atoms with Crippen LogP contribution in [0.1, 0.15) is 22.8 Å². The van der Waals surface area contributed by atoms with Crippen LogP contribution in [-0.2, 0) is 19.6 Å². The van der Waals surface area contributed by atoms with E-state index in [9.17, 15) is 18.0 Å². The van der Waals surface area contributed by atoms with Crippen molar-refractivity contribution in [2.45, 2.75) is 18.7 Å². The van der Waals surface area contributed by atoms with Crippen LogP contribution in [0.25, 0.3) is 0 Å². The van der Waals surface area contributed by atoms with Crippen LogP contribution in [0.4, 0.5) is 11.4 Å². The van der Waals surface area contributed by atoms with Crippen molar-refractivity contribution in [2.24, 2.45) is 0 Å². The molecule has 0 spiro atoms. The Morgan fingerprint density at radius 2 is 1.67 bits per heavy atom. The van der Waals surface area contributed by atoms with Gasteiger partial charge >= 0.3 is 5.97 Å². The van der Waals surface area contributed by atoms with Crippen molar-refractivity contribution < 1.29 is 22.7 Å². The van der Waals surface area contributed by atoms with E-state index >= 15 is 0 Å². The maximum absolute atomic E-state index is 13.4. The monoisotopic (exact) mass is 578 g/mol. The van der Waals surface area contributed by atoms with Crippen LogP contribution in [0.15, 0.2) is 77.7 Å². The lowest BCUT2D eigenvalue weighted by Crippen LogP contribution is -2.38. The second-order valence-corrected chi connectivity index (χ2v) is 10.2. The van der Waals surface area contributed by atoms with Gasteiger partial charge in [-0.25, -0.2) is 13.2 Å². The zero-order valence-corrected chi connectivity index (χ0v) is 21.1. The number of ether oxygens (including phenoxy) is 1. The van der Waals surface area contributed by atoms with E-state index in [1.165, 1.54) is 18.2 Å². The first-order chi connectivity index (χ1) is 15.7. The second-order valence-electron chi connectivity index (χ2n) is 7.10. The van der Waals surface area contributed by atoms with Gasteiger partial charge in [0.1, 0.15) is 6.54 Å². The Labute approximate surface area is 207 Å². The molecule has 1 N–H and O–H groups in total. The van der Waals surface area contributed by atoms with Crippen LogP contribution in [0.5, 0.6) is 0 Å². The third-order valence-electron chi connectivity index (χ3n) is 4.76. The van der Waals surface area contributed by atoms with Gasteiger partial charge in [0.15, 0.2) is 0 Å². The summed E-state index contributed by atoms with van der Waals surface area (Å²) in [6, 6.07) is 19.6. The molecule has 0 fully saturated rings. The predicted octanol–water partition coefficient (Wildman–Crippen LogP) is 4.61. The number of carbonyl (C=O) groups is 2. The number of aryl methyl sites for hydroxylation is 1. The molecular formula is C24H23IN2O5S. The zero-order valence-electron chi connectivity index (χ0n) is 18.1. The number of nitrogens with one attached hydrogen (secondary N) is 1. The Bertz CT molecular complexity index is 1250. The lowest BCUT2D eigenvalue weighted by Gasteiger charge is -2.24. The number of rotatable bonds is 8. The molecule has 0 atom stereocenters. The van der Waals surface area contributed by atoms with Gasteiger partial charge in [0.2, 0.25) is 5.91 Å². The summed E-state index contributed by atoms with van der Waals surface area (Å²) in [4.78, 5) is 25.1. The Kier molecular flexibility index (Phi) is 8.09. The average Bonchev–Trinajstić information content (AvgIpc) is 2.80. The highest BCUT2D eigenvalue weighted by Gasteiger charge is 2.27. The van der Waals surface area contributed by atoms with Crippen LogP contribution in [0, 0.1) is 10.5 Å². The van der Waals surface area contributed by atoms with Gasteiger partial charge in [0, 0.05) is 9.26 Å². The minimum Gasteiger partial charge on any atom is -0.462 e. The summed E-state index contributed by atoms with van der Waals surface area (Å²) in [5, 5.41) is 2.73. The summed E-state index contributed by atoms with van der Waals surface area (Å²) in [6.07, 6.45) is 0. The van der Waals surface area contributed by atoms with Crippen molar-refractivity contribution >= 4 is 55.9 Å². The van der Waals surface area contributed by atoms with Gasteiger partial charge in [-0.05, 0) is 90.5 Å². The van der Waals surface area contributed by atoms with Crippen molar-refractivity contribution in [3.63, 3.8) is 0 Å². The van der Waals surface area contributed by atoms with Crippen LogP contribution in [-0.4, -0.2) is 33.4 Å². The molecule has 0 aromatic heterocycles. The minimum absolute atomic E-state index is 0.0804. The molecule has 0 bridgehead atoms. The molecule has 0 heterocycles. The summed E-state index contributed by atoms with van der Waals surface area (Å²) in [5.74, 6) is -1.04. The third-order valence-corrected chi connectivity index (χ3v) is 7.26. The number of nitrogens with zero attached hydrogens (tertiary/aromatic N) is 1.